The van der Waals surface area contributed by atoms with E-state index < -0.39 is 25.8 Å². The molecule has 3 aromatic rings. The summed E-state index contributed by atoms with van der Waals surface area (Å²) in [6.07, 6.45) is 0. The van der Waals surface area contributed by atoms with Crippen LogP contribution in [0.2, 0.25) is 5.02 Å². The van der Waals surface area contributed by atoms with Crippen molar-refractivity contribution in [3.05, 3.63) is 81.6 Å². The van der Waals surface area contributed by atoms with Gasteiger partial charge in [-0.25, -0.2) is 8.42 Å². The first-order valence-corrected chi connectivity index (χ1v) is 9.30. The zero-order chi connectivity index (χ0) is 19.6. The van der Waals surface area contributed by atoms with Gasteiger partial charge >= 0.3 is 0 Å². The Morgan fingerprint density at radius 1 is 1.00 bits per heavy atom. The fourth-order valence-electron chi connectivity index (χ4n) is 2.18. The number of anilines is 1. The average Bonchev–Trinajstić information content (AvgIpc) is 3.14. The zero-order valence-electron chi connectivity index (χ0n) is 13.5. The van der Waals surface area contributed by atoms with E-state index in [4.69, 9.17) is 16.0 Å². The molecule has 0 aliphatic rings. The van der Waals surface area contributed by atoms with Crippen LogP contribution in [0.3, 0.4) is 0 Å². The number of carbonyl (C=O) groups excluding carboxylic acids is 1. The van der Waals surface area contributed by atoms with E-state index in [1.54, 1.807) is 0 Å². The van der Waals surface area contributed by atoms with Gasteiger partial charge in [0.15, 0.2) is 5.76 Å². The van der Waals surface area contributed by atoms with Crippen LogP contribution in [0.15, 0.2) is 75.1 Å². The molecular formula is C17H11ClN2O6S. The monoisotopic (exact) mass is 406 g/mol. The first-order valence-electron chi connectivity index (χ1n) is 7.44. The lowest BCUT2D eigenvalue weighted by Gasteiger charge is -2.03. The molecule has 0 fully saturated rings. The van der Waals surface area contributed by atoms with E-state index in [9.17, 15) is 23.3 Å². The first-order chi connectivity index (χ1) is 12.8. The average molecular weight is 407 g/mol. The summed E-state index contributed by atoms with van der Waals surface area (Å²) in [6, 6.07) is 13.1. The van der Waals surface area contributed by atoms with E-state index in [1.807, 2.05) is 0 Å². The Kier molecular flexibility index (Phi) is 4.98. The van der Waals surface area contributed by atoms with Crippen LogP contribution in [0, 0.1) is 10.1 Å². The number of nitrogens with one attached hydrogen (secondary N) is 1. The number of amides is 1. The second kappa shape index (κ2) is 7.22. The van der Waals surface area contributed by atoms with Crippen LogP contribution < -0.4 is 5.32 Å². The Balaban J connectivity index is 1.79. The number of nitrogens with zero attached hydrogens (tertiary/aromatic N) is 1. The van der Waals surface area contributed by atoms with Crippen molar-refractivity contribution in [3.8, 4) is 0 Å². The van der Waals surface area contributed by atoms with E-state index in [0.717, 1.165) is 0 Å². The Morgan fingerprint density at radius 3 is 2.22 bits per heavy atom. The maximum atomic E-state index is 12.5. The van der Waals surface area contributed by atoms with Crippen molar-refractivity contribution in [1.82, 2.24) is 0 Å². The van der Waals surface area contributed by atoms with Gasteiger partial charge in [0.1, 0.15) is 0 Å². The molecule has 0 bridgehead atoms. The number of benzene rings is 2. The minimum absolute atomic E-state index is 0.0245. The van der Waals surface area contributed by atoms with Gasteiger partial charge in [0, 0.05) is 22.8 Å². The van der Waals surface area contributed by atoms with Crippen molar-refractivity contribution in [2.45, 2.75) is 9.99 Å². The van der Waals surface area contributed by atoms with Crippen LogP contribution >= 0.6 is 11.6 Å². The number of rotatable bonds is 5. The van der Waals surface area contributed by atoms with Crippen molar-refractivity contribution in [1.29, 1.82) is 0 Å². The van der Waals surface area contributed by atoms with Crippen molar-refractivity contribution >= 4 is 38.7 Å². The van der Waals surface area contributed by atoms with Gasteiger partial charge in [0.25, 0.3) is 11.6 Å². The largest absolute Gasteiger partial charge is 0.439 e. The first kappa shape index (κ1) is 18.6. The molecule has 2 aromatic carbocycles. The topological polar surface area (TPSA) is 120 Å². The lowest BCUT2D eigenvalue weighted by molar-refractivity contribution is -0.384. The van der Waals surface area contributed by atoms with Gasteiger partial charge in [0.05, 0.1) is 9.82 Å². The van der Waals surface area contributed by atoms with Crippen molar-refractivity contribution in [3.63, 3.8) is 0 Å². The Hall–Kier alpha value is -3.17. The van der Waals surface area contributed by atoms with Crippen LogP contribution in [0.5, 0.6) is 0 Å². The fraction of sp³-hybridized carbons (Fsp3) is 0. The molecule has 27 heavy (non-hydrogen) atoms. The molecule has 3 rings (SSSR count). The van der Waals surface area contributed by atoms with Gasteiger partial charge in [-0.1, -0.05) is 11.6 Å². The third-order valence-corrected chi connectivity index (χ3v) is 5.42. The molecule has 8 nitrogen and oxygen atoms in total. The van der Waals surface area contributed by atoms with Crippen molar-refractivity contribution in [2.75, 3.05) is 5.32 Å². The van der Waals surface area contributed by atoms with E-state index in [1.165, 1.54) is 60.7 Å². The maximum absolute atomic E-state index is 12.5. The molecule has 0 aliphatic heterocycles. The van der Waals surface area contributed by atoms with Gasteiger partial charge in [-0.15, -0.1) is 0 Å². The summed E-state index contributed by atoms with van der Waals surface area (Å²) in [5.41, 5.74) is 0.173. The predicted octanol–water partition coefficient (Wildman–Crippen LogP) is 3.93. The van der Waals surface area contributed by atoms with Gasteiger partial charge in [0.2, 0.25) is 14.9 Å². The van der Waals surface area contributed by atoms with Crippen LogP contribution in [0.4, 0.5) is 11.4 Å². The molecule has 0 aliphatic carbocycles. The van der Waals surface area contributed by atoms with E-state index in [-0.39, 0.29) is 16.3 Å². The van der Waals surface area contributed by atoms with Gasteiger partial charge < -0.3 is 9.73 Å². The third kappa shape index (κ3) is 3.99. The lowest BCUT2D eigenvalue weighted by Crippen LogP contribution is -2.11. The number of sulfone groups is 1. The molecule has 0 unspecified atom stereocenters. The molecule has 1 N–H and O–H groups in total. The van der Waals surface area contributed by atoms with Gasteiger partial charge in [-0.3, -0.25) is 14.9 Å². The highest BCUT2D eigenvalue weighted by molar-refractivity contribution is 7.91. The summed E-state index contributed by atoms with van der Waals surface area (Å²) < 4.78 is 30.2. The molecule has 0 saturated carbocycles. The third-order valence-electron chi connectivity index (χ3n) is 3.53. The quantitative estimate of drug-likeness (QED) is 0.506. The maximum Gasteiger partial charge on any atom is 0.291 e. The van der Waals surface area contributed by atoms with Crippen molar-refractivity contribution in [2.24, 2.45) is 0 Å². The van der Waals surface area contributed by atoms with Crippen LogP contribution in [0.25, 0.3) is 0 Å². The summed E-state index contributed by atoms with van der Waals surface area (Å²) in [5.74, 6) is -0.915. The van der Waals surface area contributed by atoms with Gasteiger partial charge in [-0.05, 0) is 48.5 Å². The summed E-state index contributed by atoms with van der Waals surface area (Å²) >= 11 is 5.75. The smallest absolute Gasteiger partial charge is 0.291 e. The minimum Gasteiger partial charge on any atom is -0.439 e. The number of hydrogen-bond acceptors (Lipinski definition) is 6. The van der Waals surface area contributed by atoms with Crippen LogP contribution in [0.1, 0.15) is 10.6 Å². The number of furan rings is 1. The summed E-state index contributed by atoms with van der Waals surface area (Å²) in [4.78, 5) is 22.2. The standard InChI is InChI=1S/C17H11ClN2O6S/c18-11-1-7-14(8-2-11)27(24,25)16-10-9-15(26-16)17(21)19-12-3-5-13(6-4-12)20(22)23/h1-10H,(H,19,21). The van der Waals surface area contributed by atoms with Crippen LogP contribution in [-0.4, -0.2) is 19.2 Å². The highest BCUT2D eigenvalue weighted by Gasteiger charge is 2.23. The second-order valence-corrected chi connectivity index (χ2v) is 7.65. The van der Waals surface area contributed by atoms with E-state index in [2.05, 4.69) is 5.32 Å². The molecule has 10 heteroatoms. The normalized spacial score (nSPS) is 11.1. The number of non-ortho nitro benzene ring substituents is 1. The SMILES string of the molecule is O=C(Nc1ccc([N+](=O)[O-])cc1)c1ccc(S(=O)(=O)c2ccc(Cl)cc2)o1. The van der Waals surface area contributed by atoms with Gasteiger partial charge in [-0.2, -0.15) is 0 Å². The number of nitro groups is 1. The molecule has 1 heterocycles. The fourth-order valence-corrected chi connectivity index (χ4v) is 3.48. The molecule has 0 radical (unpaired) electrons. The summed E-state index contributed by atoms with van der Waals surface area (Å²) in [7, 11) is -3.94. The minimum atomic E-state index is -3.94. The molecular weight excluding hydrogens is 396 g/mol. The van der Waals surface area contributed by atoms with E-state index in [0.29, 0.717) is 10.7 Å². The predicted molar refractivity (Wildman–Crippen MR) is 96.7 cm³/mol. The zero-order valence-corrected chi connectivity index (χ0v) is 15.0. The molecule has 138 valence electrons. The number of carbonyl (C=O) groups is 1. The summed E-state index contributed by atoms with van der Waals surface area (Å²) in [6.45, 7) is 0. The highest BCUT2D eigenvalue weighted by atomic mass is 35.5. The number of halogens is 1. The molecule has 0 atom stereocenters. The summed E-state index contributed by atoms with van der Waals surface area (Å²) in [5, 5.41) is 13.1. The Morgan fingerprint density at radius 2 is 1.63 bits per heavy atom. The molecule has 1 amide bonds. The molecule has 1 aromatic heterocycles. The second-order valence-electron chi connectivity index (χ2n) is 5.33. The number of nitro benzene ring substituents is 1. The lowest BCUT2D eigenvalue weighted by atomic mass is 10.3. The van der Waals surface area contributed by atoms with E-state index >= 15 is 0 Å². The Bertz CT molecular complexity index is 1110. The van der Waals surface area contributed by atoms with Crippen LogP contribution in [-0.2, 0) is 9.84 Å². The molecule has 0 spiro atoms. The number of hydrogen-bond donors (Lipinski definition) is 1. The highest BCUT2D eigenvalue weighted by Crippen LogP contribution is 2.25. The Labute approximate surface area is 158 Å². The molecule has 0 saturated heterocycles. The van der Waals surface area contributed by atoms with Crippen molar-refractivity contribution < 1.29 is 22.6 Å².